The second-order valence-corrected chi connectivity index (χ2v) is 11.8. The third-order valence-electron chi connectivity index (χ3n) is 7.40. The lowest BCUT2D eigenvalue weighted by atomic mass is 9.62. The van der Waals surface area contributed by atoms with E-state index in [-0.39, 0.29) is 28.8 Å². The number of thiazole rings is 1. The lowest BCUT2D eigenvalue weighted by molar-refractivity contribution is 0.0674. The molecule has 0 bridgehead atoms. The fraction of sp³-hybridized carbons (Fsp3) is 0.321. The van der Waals surface area contributed by atoms with Crippen LogP contribution in [-0.2, 0) is 0 Å². The van der Waals surface area contributed by atoms with E-state index >= 15 is 0 Å². The van der Waals surface area contributed by atoms with Crippen molar-refractivity contribution in [1.82, 2.24) is 29.9 Å². The van der Waals surface area contributed by atoms with E-state index in [0.717, 1.165) is 51.4 Å². The van der Waals surface area contributed by atoms with Gasteiger partial charge in [0.15, 0.2) is 0 Å². The Balaban J connectivity index is 1.10. The number of fused-ring (bicyclic) bond motifs is 2. The molecule has 4 aromatic heterocycles. The summed E-state index contributed by atoms with van der Waals surface area (Å²) in [5.41, 5.74) is 3.05. The molecule has 1 aliphatic rings. The molecular formula is C28H28N6O2S. The van der Waals surface area contributed by atoms with Crippen LogP contribution in [0.2, 0.25) is 0 Å². The lowest BCUT2D eigenvalue weighted by Gasteiger charge is -2.46. The minimum absolute atomic E-state index is 0.0942. The highest BCUT2D eigenvalue weighted by Crippen LogP contribution is 2.47. The molecule has 0 radical (unpaired) electrons. The summed E-state index contributed by atoms with van der Waals surface area (Å²) < 4.78 is 1.88. The zero-order chi connectivity index (χ0) is 25.7. The Morgan fingerprint density at radius 2 is 2.05 bits per heavy atom. The summed E-state index contributed by atoms with van der Waals surface area (Å²) in [6.07, 6.45) is 8.29. The summed E-state index contributed by atoms with van der Waals surface area (Å²) in [6, 6.07) is 11.7. The summed E-state index contributed by atoms with van der Waals surface area (Å²) in [4.78, 5) is 35.1. The highest BCUT2D eigenvalue weighted by atomic mass is 32.1. The number of pyridine rings is 1. The molecule has 0 unspecified atom stereocenters. The van der Waals surface area contributed by atoms with Crippen LogP contribution in [0.1, 0.15) is 60.2 Å². The first kappa shape index (κ1) is 23.5. The van der Waals surface area contributed by atoms with Gasteiger partial charge in [0, 0.05) is 35.9 Å². The summed E-state index contributed by atoms with van der Waals surface area (Å²) in [5.74, 6) is 0.0330. The van der Waals surface area contributed by atoms with E-state index < -0.39 is 0 Å². The summed E-state index contributed by atoms with van der Waals surface area (Å²) in [6.45, 7) is 6.40. The Labute approximate surface area is 217 Å². The van der Waals surface area contributed by atoms with Gasteiger partial charge in [-0.1, -0.05) is 32.0 Å². The molecule has 0 saturated heterocycles. The fourth-order valence-corrected chi connectivity index (χ4v) is 6.52. The average molecular weight is 513 g/mol. The molecular weight excluding hydrogens is 484 g/mol. The van der Waals surface area contributed by atoms with Gasteiger partial charge in [-0.25, -0.2) is 15.1 Å². The standard InChI is InChI=1S/C28H28N6O2S/c1-16(25-20-6-4-5-7-21(20)26(35)33-32-25)11-28(3)12-19(13-28)30-27(36)22-15-34-9-8-18(10-24(34)31-22)23-14-29-17(2)37-23/h4-10,14-16,19H,11-13H2,1-3H3,(H,30,36)(H,33,35)/t16-,19-,28-/m0/s1. The number of rotatable bonds is 6. The smallest absolute Gasteiger partial charge is 0.272 e. The molecule has 8 nitrogen and oxygen atoms in total. The third-order valence-corrected chi connectivity index (χ3v) is 8.37. The molecule has 5 aromatic rings. The van der Waals surface area contributed by atoms with Gasteiger partial charge in [-0.2, -0.15) is 5.10 Å². The first-order valence-corrected chi connectivity index (χ1v) is 13.3. The Morgan fingerprint density at radius 1 is 1.27 bits per heavy atom. The zero-order valence-corrected chi connectivity index (χ0v) is 21.8. The zero-order valence-electron chi connectivity index (χ0n) is 21.0. The number of carbonyl (C=O) groups is 1. The Morgan fingerprint density at radius 3 is 2.81 bits per heavy atom. The van der Waals surface area contributed by atoms with Crippen molar-refractivity contribution in [2.24, 2.45) is 5.41 Å². The predicted molar refractivity (Wildman–Crippen MR) is 145 cm³/mol. The summed E-state index contributed by atoms with van der Waals surface area (Å²) in [7, 11) is 0. The Hall–Kier alpha value is -3.85. The maximum atomic E-state index is 13.0. The van der Waals surface area contributed by atoms with Gasteiger partial charge in [0.2, 0.25) is 0 Å². The van der Waals surface area contributed by atoms with E-state index in [1.54, 1.807) is 17.5 Å². The van der Waals surface area contributed by atoms with Gasteiger partial charge in [0.1, 0.15) is 11.3 Å². The highest BCUT2D eigenvalue weighted by Gasteiger charge is 2.42. The minimum atomic E-state index is -0.161. The predicted octanol–water partition coefficient (Wildman–Crippen LogP) is 5.10. The Kier molecular flexibility index (Phi) is 5.67. The molecule has 0 spiro atoms. The van der Waals surface area contributed by atoms with Crippen LogP contribution in [0.4, 0.5) is 0 Å². The van der Waals surface area contributed by atoms with Crippen LogP contribution < -0.4 is 10.9 Å². The monoisotopic (exact) mass is 512 g/mol. The van der Waals surface area contributed by atoms with Gasteiger partial charge < -0.3 is 9.72 Å². The van der Waals surface area contributed by atoms with Gasteiger partial charge in [-0.15, -0.1) is 11.3 Å². The largest absolute Gasteiger partial charge is 0.348 e. The molecule has 1 amide bonds. The van der Waals surface area contributed by atoms with Crippen molar-refractivity contribution >= 4 is 33.7 Å². The van der Waals surface area contributed by atoms with Crippen molar-refractivity contribution in [3.05, 3.63) is 81.7 Å². The van der Waals surface area contributed by atoms with E-state index in [1.165, 1.54) is 0 Å². The number of imidazole rings is 1. The third kappa shape index (κ3) is 4.44. The van der Waals surface area contributed by atoms with Gasteiger partial charge in [0.05, 0.1) is 21.0 Å². The van der Waals surface area contributed by atoms with E-state index in [2.05, 4.69) is 39.3 Å². The number of aryl methyl sites for hydroxylation is 1. The topological polar surface area (TPSA) is 105 Å². The quantitative estimate of drug-likeness (QED) is 0.330. The maximum absolute atomic E-state index is 13.0. The number of carbonyl (C=O) groups excluding carboxylic acids is 1. The van der Waals surface area contributed by atoms with Crippen molar-refractivity contribution in [2.45, 2.75) is 52.0 Å². The number of hydrogen-bond acceptors (Lipinski definition) is 6. The molecule has 1 saturated carbocycles. The first-order chi connectivity index (χ1) is 17.8. The number of hydrogen-bond donors (Lipinski definition) is 2. The first-order valence-electron chi connectivity index (χ1n) is 12.5. The van der Waals surface area contributed by atoms with Crippen molar-refractivity contribution in [1.29, 1.82) is 0 Å². The second-order valence-electron chi connectivity index (χ2n) is 10.5. The number of aromatic nitrogens is 5. The second kappa shape index (κ2) is 8.92. The molecule has 1 aliphatic carbocycles. The molecule has 1 aromatic carbocycles. The summed E-state index contributed by atoms with van der Waals surface area (Å²) >= 11 is 1.64. The number of H-pyrrole nitrogens is 1. The number of nitrogens with one attached hydrogen (secondary N) is 2. The van der Waals surface area contributed by atoms with E-state index in [0.29, 0.717) is 11.1 Å². The van der Waals surface area contributed by atoms with Gasteiger partial charge in [0.25, 0.3) is 11.5 Å². The summed E-state index contributed by atoms with van der Waals surface area (Å²) in [5, 5.41) is 12.8. The lowest BCUT2D eigenvalue weighted by Crippen LogP contribution is -2.50. The van der Waals surface area contributed by atoms with Gasteiger partial charge in [-0.05, 0) is 55.4 Å². The number of amides is 1. The number of nitrogens with zero attached hydrogens (tertiary/aromatic N) is 4. The van der Waals surface area contributed by atoms with Crippen LogP contribution in [0.5, 0.6) is 0 Å². The molecule has 4 heterocycles. The van der Waals surface area contributed by atoms with Crippen molar-refractivity contribution < 1.29 is 4.79 Å². The van der Waals surface area contributed by atoms with Crippen LogP contribution in [0.25, 0.3) is 26.9 Å². The normalized spacial score (nSPS) is 20.1. The molecule has 1 fully saturated rings. The molecule has 6 rings (SSSR count). The molecule has 37 heavy (non-hydrogen) atoms. The molecule has 9 heteroatoms. The van der Waals surface area contributed by atoms with Crippen LogP contribution in [0.15, 0.2) is 59.8 Å². The Bertz CT molecular complexity index is 1690. The van der Waals surface area contributed by atoms with Crippen LogP contribution in [-0.4, -0.2) is 36.5 Å². The van der Waals surface area contributed by atoms with Crippen LogP contribution >= 0.6 is 11.3 Å². The van der Waals surface area contributed by atoms with Crippen LogP contribution in [0.3, 0.4) is 0 Å². The van der Waals surface area contributed by atoms with E-state index in [1.807, 2.05) is 60.1 Å². The van der Waals surface area contributed by atoms with Crippen molar-refractivity contribution in [2.75, 3.05) is 0 Å². The highest BCUT2D eigenvalue weighted by molar-refractivity contribution is 7.15. The molecule has 0 aliphatic heterocycles. The van der Waals surface area contributed by atoms with Crippen molar-refractivity contribution in [3.63, 3.8) is 0 Å². The van der Waals surface area contributed by atoms with Gasteiger partial charge in [-0.3, -0.25) is 9.59 Å². The minimum Gasteiger partial charge on any atom is -0.348 e. The maximum Gasteiger partial charge on any atom is 0.272 e. The molecule has 2 N–H and O–H groups in total. The number of benzene rings is 1. The average Bonchev–Trinajstić information content (AvgIpc) is 3.49. The SMILES string of the molecule is Cc1ncc(-c2ccn3cc(C(=O)N[C@H]4C[C@](C)(C[C@H](C)c5n[nH]c(=O)c6ccccc56)C4)nc3c2)s1. The van der Waals surface area contributed by atoms with Crippen molar-refractivity contribution in [3.8, 4) is 10.4 Å². The molecule has 188 valence electrons. The number of aromatic amines is 1. The van der Waals surface area contributed by atoms with Gasteiger partial charge >= 0.3 is 0 Å². The van der Waals surface area contributed by atoms with E-state index in [4.69, 9.17) is 0 Å². The molecule has 1 atom stereocenters. The fourth-order valence-electron chi connectivity index (χ4n) is 5.74. The van der Waals surface area contributed by atoms with E-state index in [9.17, 15) is 9.59 Å². The van der Waals surface area contributed by atoms with Crippen LogP contribution in [0, 0.1) is 12.3 Å².